The molecular weight excluding hydrogens is 255 g/mol. The lowest BCUT2D eigenvalue weighted by molar-refractivity contribution is 0.417. The van der Waals surface area contributed by atoms with Crippen molar-refractivity contribution in [2.45, 2.75) is 32.4 Å². The van der Waals surface area contributed by atoms with Gasteiger partial charge in [0.2, 0.25) is 0 Å². The molecular formula is C16H17FN2O. The Morgan fingerprint density at radius 3 is 2.70 bits per heavy atom. The molecule has 2 aromatic rings. The Morgan fingerprint density at radius 1 is 1.25 bits per heavy atom. The molecule has 104 valence electrons. The number of nitrogens with zero attached hydrogens (tertiary/aromatic N) is 1. The fourth-order valence-corrected chi connectivity index (χ4v) is 1.93. The van der Waals surface area contributed by atoms with E-state index in [1.807, 2.05) is 31.2 Å². The summed E-state index contributed by atoms with van der Waals surface area (Å²) in [5, 5.41) is 3.29. The highest BCUT2D eigenvalue weighted by molar-refractivity contribution is 5.32. The van der Waals surface area contributed by atoms with Gasteiger partial charge in [0.25, 0.3) is 5.88 Å². The first-order chi connectivity index (χ1) is 9.72. The number of halogens is 1. The zero-order chi connectivity index (χ0) is 13.9. The molecule has 1 N–H and O–H groups in total. The molecule has 0 atom stereocenters. The Bertz CT molecular complexity index is 594. The third kappa shape index (κ3) is 3.14. The van der Waals surface area contributed by atoms with Crippen LogP contribution in [0, 0.1) is 12.7 Å². The van der Waals surface area contributed by atoms with Gasteiger partial charge in [-0.1, -0.05) is 17.7 Å². The molecule has 1 fully saturated rings. The summed E-state index contributed by atoms with van der Waals surface area (Å²) >= 11 is 0. The summed E-state index contributed by atoms with van der Waals surface area (Å²) in [6.07, 6.45) is 3.94. The normalized spacial score (nSPS) is 14.3. The Balaban J connectivity index is 1.74. The van der Waals surface area contributed by atoms with Gasteiger partial charge in [0.15, 0.2) is 5.82 Å². The number of hydrogen-bond acceptors (Lipinski definition) is 3. The van der Waals surface area contributed by atoms with Crippen molar-refractivity contribution in [1.29, 1.82) is 0 Å². The fourth-order valence-electron chi connectivity index (χ4n) is 1.93. The van der Waals surface area contributed by atoms with Gasteiger partial charge in [-0.15, -0.1) is 0 Å². The molecule has 3 nitrogen and oxygen atoms in total. The van der Waals surface area contributed by atoms with Crippen LogP contribution in [0.5, 0.6) is 11.6 Å². The number of aryl methyl sites for hydroxylation is 1. The maximum absolute atomic E-state index is 14.3. The molecule has 1 aliphatic carbocycles. The third-order valence-electron chi connectivity index (χ3n) is 3.33. The van der Waals surface area contributed by atoms with Crippen LogP contribution in [0.15, 0.2) is 36.5 Å². The third-order valence-corrected chi connectivity index (χ3v) is 3.33. The van der Waals surface area contributed by atoms with E-state index in [1.54, 1.807) is 12.3 Å². The number of benzene rings is 1. The lowest BCUT2D eigenvalue weighted by atomic mass is 10.2. The summed E-state index contributed by atoms with van der Waals surface area (Å²) in [4.78, 5) is 3.97. The lowest BCUT2D eigenvalue weighted by Gasteiger charge is -2.09. The van der Waals surface area contributed by atoms with E-state index in [2.05, 4.69) is 10.3 Å². The summed E-state index contributed by atoms with van der Waals surface area (Å²) in [5.74, 6) is 0.236. The number of nitrogens with one attached hydrogen (secondary N) is 1. The van der Waals surface area contributed by atoms with E-state index in [0.717, 1.165) is 5.56 Å². The van der Waals surface area contributed by atoms with Gasteiger partial charge in [-0.2, -0.15) is 0 Å². The van der Waals surface area contributed by atoms with Gasteiger partial charge in [-0.25, -0.2) is 9.37 Å². The monoisotopic (exact) mass is 272 g/mol. The average Bonchev–Trinajstić information content (AvgIpc) is 3.26. The van der Waals surface area contributed by atoms with Crippen molar-refractivity contribution < 1.29 is 9.13 Å². The van der Waals surface area contributed by atoms with E-state index < -0.39 is 0 Å². The molecule has 4 heteroatoms. The Morgan fingerprint density at radius 2 is 2.00 bits per heavy atom. The second-order valence-electron chi connectivity index (χ2n) is 5.16. The topological polar surface area (TPSA) is 34.1 Å². The van der Waals surface area contributed by atoms with Crippen molar-refractivity contribution in [3.63, 3.8) is 0 Å². The van der Waals surface area contributed by atoms with Crippen molar-refractivity contribution in [2.24, 2.45) is 0 Å². The van der Waals surface area contributed by atoms with Gasteiger partial charge in [-0.3, -0.25) is 0 Å². The SMILES string of the molecule is Cc1ccc(Oc2nccc(CNC3CC3)c2F)cc1. The highest BCUT2D eigenvalue weighted by Gasteiger charge is 2.21. The molecule has 0 bridgehead atoms. The van der Waals surface area contributed by atoms with Gasteiger partial charge >= 0.3 is 0 Å². The maximum Gasteiger partial charge on any atom is 0.256 e. The van der Waals surface area contributed by atoms with Gasteiger partial charge in [0.05, 0.1) is 0 Å². The first-order valence-corrected chi connectivity index (χ1v) is 6.83. The second kappa shape index (κ2) is 5.59. The van der Waals surface area contributed by atoms with Crippen LogP contribution in [0.3, 0.4) is 0 Å². The molecule has 0 aliphatic heterocycles. The molecule has 20 heavy (non-hydrogen) atoms. The zero-order valence-corrected chi connectivity index (χ0v) is 11.4. The summed E-state index contributed by atoms with van der Waals surface area (Å²) < 4.78 is 19.8. The molecule has 1 saturated carbocycles. The van der Waals surface area contributed by atoms with Gasteiger partial charge < -0.3 is 10.1 Å². The minimum atomic E-state index is -0.388. The van der Waals surface area contributed by atoms with Crippen LogP contribution in [0.4, 0.5) is 4.39 Å². The van der Waals surface area contributed by atoms with Crippen LogP contribution in [0.25, 0.3) is 0 Å². The van der Waals surface area contributed by atoms with Crippen LogP contribution >= 0.6 is 0 Å². The summed E-state index contributed by atoms with van der Waals surface area (Å²) in [6, 6.07) is 9.70. The van der Waals surface area contributed by atoms with E-state index >= 15 is 0 Å². The minimum absolute atomic E-state index is 0.0314. The molecule has 1 aromatic carbocycles. The second-order valence-corrected chi connectivity index (χ2v) is 5.16. The zero-order valence-electron chi connectivity index (χ0n) is 11.4. The Hall–Kier alpha value is -1.94. The van der Waals surface area contributed by atoms with Crippen LogP contribution < -0.4 is 10.1 Å². The standard InChI is InChI=1S/C16H17FN2O/c1-11-2-6-14(7-3-11)20-16-15(17)12(8-9-18-16)10-19-13-4-5-13/h2-3,6-9,13,19H,4-5,10H2,1H3. The van der Waals surface area contributed by atoms with E-state index in [1.165, 1.54) is 12.8 Å². The van der Waals surface area contributed by atoms with Gasteiger partial charge in [0.1, 0.15) is 5.75 Å². The highest BCUT2D eigenvalue weighted by atomic mass is 19.1. The van der Waals surface area contributed by atoms with E-state index in [-0.39, 0.29) is 11.7 Å². The minimum Gasteiger partial charge on any atom is -0.436 e. The van der Waals surface area contributed by atoms with Crippen LogP contribution in [-0.4, -0.2) is 11.0 Å². The molecule has 0 amide bonds. The molecule has 1 aromatic heterocycles. The van der Waals surface area contributed by atoms with Crippen molar-refractivity contribution in [3.05, 3.63) is 53.5 Å². The van der Waals surface area contributed by atoms with E-state index in [0.29, 0.717) is 23.9 Å². The largest absolute Gasteiger partial charge is 0.436 e. The first-order valence-electron chi connectivity index (χ1n) is 6.83. The molecule has 0 spiro atoms. The van der Waals surface area contributed by atoms with Crippen molar-refractivity contribution in [1.82, 2.24) is 10.3 Å². The smallest absolute Gasteiger partial charge is 0.256 e. The van der Waals surface area contributed by atoms with Gasteiger partial charge in [0, 0.05) is 24.3 Å². The van der Waals surface area contributed by atoms with Crippen LogP contribution in [-0.2, 0) is 6.54 Å². The molecule has 0 saturated heterocycles. The Kier molecular flexibility index (Phi) is 3.65. The number of aromatic nitrogens is 1. The molecule has 0 radical (unpaired) electrons. The summed E-state index contributed by atoms with van der Waals surface area (Å²) in [7, 11) is 0. The predicted molar refractivity (Wildman–Crippen MR) is 75.3 cm³/mol. The lowest BCUT2D eigenvalue weighted by Crippen LogP contribution is -2.16. The number of pyridine rings is 1. The summed E-state index contributed by atoms with van der Waals surface area (Å²) in [5.41, 5.74) is 1.72. The fraction of sp³-hybridized carbons (Fsp3) is 0.312. The molecule has 1 heterocycles. The van der Waals surface area contributed by atoms with Crippen molar-refractivity contribution in [3.8, 4) is 11.6 Å². The van der Waals surface area contributed by atoms with E-state index in [4.69, 9.17) is 4.74 Å². The van der Waals surface area contributed by atoms with E-state index in [9.17, 15) is 4.39 Å². The average molecular weight is 272 g/mol. The number of hydrogen-bond donors (Lipinski definition) is 1. The predicted octanol–water partition coefficient (Wildman–Crippen LogP) is 3.57. The van der Waals surface area contributed by atoms with Crippen molar-refractivity contribution >= 4 is 0 Å². The molecule has 3 rings (SSSR count). The quantitative estimate of drug-likeness (QED) is 0.903. The maximum atomic E-state index is 14.3. The van der Waals surface area contributed by atoms with Gasteiger partial charge in [-0.05, 0) is 38.0 Å². The first kappa shape index (κ1) is 13.1. The summed E-state index contributed by atoms with van der Waals surface area (Å²) in [6.45, 7) is 2.51. The van der Waals surface area contributed by atoms with Crippen LogP contribution in [0.2, 0.25) is 0 Å². The van der Waals surface area contributed by atoms with Crippen LogP contribution in [0.1, 0.15) is 24.0 Å². The Labute approximate surface area is 117 Å². The molecule has 0 unspecified atom stereocenters. The number of rotatable bonds is 5. The van der Waals surface area contributed by atoms with Crippen molar-refractivity contribution in [2.75, 3.05) is 0 Å². The number of ether oxygens (including phenoxy) is 1. The highest BCUT2D eigenvalue weighted by Crippen LogP contribution is 2.25. The molecule has 1 aliphatic rings.